The van der Waals surface area contributed by atoms with Gasteiger partial charge in [-0.2, -0.15) is 4.31 Å². The third-order valence-electron chi connectivity index (χ3n) is 5.30. The Hall–Kier alpha value is -1.10. The number of sulfonamides is 1. The second kappa shape index (κ2) is 8.10. The highest BCUT2D eigenvalue weighted by Gasteiger charge is 2.38. The van der Waals surface area contributed by atoms with Crippen molar-refractivity contribution in [1.29, 1.82) is 0 Å². The third-order valence-corrected chi connectivity index (χ3v) is 7.48. The molecule has 0 saturated carbocycles. The van der Waals surface area contributed by atoms with Crippen LogP contribution < -0.4 is 0 Å². The zero-order valence-electron chi connectivity index (χ0n) is 15.2. The number of ether oxygens (including phenoxy) is 2. The summed E-state index contributed by atoms with van der Waals surface area (Å²) in [6.45, 7) is 5.60. The zero-order valence-corrected chi connectivity index (χ0v) is 16.1. The monoisotopic (exact) mass is 410 g/mol. The van der Waals surface area contributed by atoms with Gasteiger partial charge in [-0.05, 0) is 25.0 Å². The van der Waals surface area contributed by atoms with E-state index >= 15 is 0 Å². The average molecular weight is 410 g/mol. The van der Waals surface area contributed by atoms with E-state index < -0.39 is 22.3 Å². The molecule has 3 rings (SSSR count). The van der Waals surface area contributed by atoms with Crippen molar-refractivity contribution < 1.29 is 31.1 Å². The van der Waals surface area contributed by atoms with Crippen LogP contribution in [0.3, 0.4) is 0 Å². The van der Waals surface area contributed by atoms with Crippen LogP contribution in [-0.2, 0) is 19.5 Å². The van der Waals surface area contributed by atoms with Gasteiger partial charge in [-0.3, -0.25) is 4.90 Å². The second-order valence-electron chi connectivity index (χ2n) is 7.14. The molecule has 0 aromatic rings. The molecule has 2 fully saturated rings. The Kier molecular flexibility index (Phi) is 6.19. The maximum absolute atomic E-state index is 13.0. The maximum atomic E-state index is 13.0. The number of allylic oxidation sites excluding steroid dienone is 4. The molecule has 0 radical (unpaired) electrons. The molecule has 0 spiro atoms. The molecule has 1 aliphatic carbocycles. The van der Waals surface area contributed by atoms with Crippen molar-refractivity contribution in [2.24, 2.45) is 5.92 Å². The first-order valence-corrected chi connectivity index (χ1v) is 10.6. The van der Waals surface area contributed by atoms with Crippen LogP contribution in [0.15, 0.2) is 22.8 Å². The number of rotatable bonds is 4. The molecule has 2 heterocycles. The number of nitrogens with zero attached hydrogens (tertiary/aromatic N) is 2. The molecule has 0 aromatic heterocycles. The lowest BCUT2D eigenvalue weighted by Crippen LogP contribution is -2.50. The van der Waals surface area contributed by atoms with Gasteiger partial charge >= 0.3 is 6.36 Å². The van der Waals surface area contributed by atoms with Crippen molar-refractivity contribution in [3.63, 3.8) is 0 Å². The number of alkyl halides is 3. The molecule has 0 aromatic carbocycles. The van der Waals surface area contributed by atoms with Crippen LogP contribution in [0.1, 0.15) is 26.2 Å². The molecule has 2 saturated heterocycles. The Morgan fingerprint density at radius 2 is 1.74 bits per heavy atom. The molecule has 154 valence electrons. The van der Waals surface area contributed by atoms with Crippen LogP contribution in [0.4, 0.5) is 13.2 Å². The van der Waals surface area contributed by atoms with E-state index in [1.807, 2.05) is 0 Å². The normalized spacial score (nSPS) is 27.2. The summed E-state index contributed by atoms with van der Waals surface area (Å²) in [6.07, 6.45) is -0.996. The Balaban J connectivity index is 1.64. The lowest BCUT2D eigenvalue weighted by Gasteiger charge is -2.40. The number of hydrogen-bond acceptors (Lipinski definition) is 5. The Morgan fingerprint density at radius 1 is 1.11 bits per heavy atom. The minimum atomic E-state index is -4.77. The fourth-order valence-electron chi connectivity index (χ4n) is 3.91. The highest BCUT2D eigenvalue weighted by Crippen LogP contribution is 2.35. The van der Waals surface area contributed by atoms with Gasteiger partial charge in [-0.15, -0.1) is 13.2 Å². The molecule has 0 bridgehead atoms. The van der Waals surface area contributed by atoms with E-state index in [1.54, 1.807) is 6.92 Å². The maximum Gasteiger partial charge on any atom is 0.572 e. The number of halogens is 3. The molecular formula is C17H25F3N2O4S. The van der Waals surface area contributed by atoms with Crippen LogP contribution in [-0.4, -0.2) is 69.4 Å². The number of morpholine rings is 1. The van der Waals surface area contributed by atoms with Gasteiger partial charge in [-0.25, -0.2) is 8.42 Å². The van der Waals surface area contributed by atoms with Gasteiger partial charge in [-0.1, -0.05) is 6.92 Å². The van der Waals surface area contributed by atoms with Gasteiger partial charge in [0, 0.05) is 44.6 Å². The highest BCUT2D eigenvalue weighted by atomic mass is 32.2. The van der Waals surface area contributed by atoms with Crippen LogP contribution >= 0.6 is 0 Å². The van der Waals surface area contributed by atoms with E-state index in [-0.39, 0.29) is 17.1 Å². The van der Waals surface area contributed by atoms with Crippen LogP contribution in [0.25, 0.3) is 0 Å². The lowest BCUT2D eigenvalue weighted by atomic mass is 10.0. The summed E-state index contributed by atoms with van der Waals surface area (Å²) >= 11 is 0. The molecule has 0 amide bonds. The number of hydrogen-bond donors (Lipinski definition) is 0. The van der Waals surface area contributed by atoms with Crippen LogP contribution in [0.2, 0.25) is 0 Å². The molecule has 10 heteroatoms. The van der Waals surface area contributed by atoms with E-state index in [1.165, 1.54) is 10.4 Å². The largest absolute Gasteiger partial charge is 0.572 e. The summed E-state index contributed by atoms with van der Waals surface area (Å²) in [4.78, 5) is 2.50. The first-order valence-electron chi connectivity index (χ1n) is 9.15. The minimum Gasteiger partial charge on any atom is -0.410 e. The Bertz CT molecular complexity index is 691. The van der Waals surface area contributed by atoms with Gasteiger partial charge in [0.25, 0.3) is 0 Å². The molecular weight excluding hydrogens is 385 g/mol. The summed E-state index contributed by atoms with van der Waals surface area (Å²) in [5.74, 6) is -0.825. The molecule has 0 N–H and O–H groups in total. The lowest BCUT2D eigenvalue weighted by molar-refractivity contribution is -0.306. The van der Waals surface area contributed by atoms with Crippen molar-refractivity contribution in [2.45, 2.75) is 38.6 Å². The van der Waals surface area contributed by atoms with Gasteiger partial charge < -0.3 is 9.47 Å². The summed E-state index contributed by atoms with van der Waals surface area (Å²) in [5.41, 5.74) is 0. The molecule has 2 aliphatic heterocycles. The summed E-state index contributed by atoms with van der Waals surface area (Å²) in [5, 5.41) is 0. The Labute approximate surface area is 157 Å². The van der Waals surface area contributed by atoms with Crippen LogP contribution in [0, 0.1) is 5.92 Å². The van der Waals surface area contributed by atoms with E-state index in [0.717, 1.165) is 32.0 Å². The van der Waals surface area contributed by atoms with Crippen molar-refractivity contribution in [3.8, 4) is 0 Å². The predicted molar refractivity (Wildman–Crippen MR) is 93.0 cm³/mol. The summed E-state index contributed by atoms with van der Waals surface area (Å²) < 4.78 is 73.7. The van der Waals surface area contributed by atoms with Gasteiger partial charge in [0.15, 0.2) is 0 Å². The quantitative estimate of drug-likeness (QED) is 0.713. The average Bonchev–Trinajstić information content (AvgIpc) is 2.61. The smallest absolute Gasteiger partial charge is 0.410 e. The summed E-state index contributed by atoms with van der Waals surface area (Å²) in [6, 6.07) is 0.352. The highest BCUT2D eigenvalue weighted by molar-refractivity contribution is 7.93. The standard InChI is InChI=1S/C17H25F3N2O4S/c1-13-12-15(26-17(18,19)20)2-3-16(13)27(23,24)22-6-4-14(5-7-22)21-8-10-25-11-9-21/h2-3,13-14H,4-12H2,1H3. The van der Waals surface area contributed by atoms with Crippen molar-refractivity contribution in [3.05, 3.63) is 22.8 Å². The predicted octanol–water partition coefficient (Wildman–Crippen LogP) is 2.46. The third kappa shape index (κ3) is 5.04. The number of piperidine rings is 1. The first-order chi connectivity index (χ1) is 12.7. The Morgan fingerprint density at radius 3 is 2.30 bits per heavy atom. The molecule has 1 unspecified atom stereocenters. The molecule has 6 nitrogen and oxygen atoms in total. The van der Waals surface area contributed by atoms with E-state index in [4.69, 9.17) is 4.74 Å². The van der Waals surface area contributed by atoms with Crippen molar-refractivity contribution in [1.82, 2.24) is 9.21 Å². The SMILES string of the molecule is CC1CC(OC(F)(F)F)=CC=C1S(=O)(=O)N1CCC(N2CCOCC2)CC1. The summed E-state index contributed by atoms with van der Waals surface area (Å²) in [7, 11) is -3.69. The first kappa shape index (κ1) is 20.6. The van der Waals surface area contributed by atoms with E-state index in [2.05, 4.69) is 9.64 Å². The fourth-order valence-corrected chi connectivity index (χ4v) is 5.74. The zero-order chi connectivity index (χ0) is 19.7. The molecule has 27 heavy (non-hydrogen) atoms. The van der Waals surface area contributed by atoms with Crippen molar-refractivity contribution in [2.75, 3.05) is 39.4 Å². The van der Waals surface area contributed by atoms with Gasteiger partial charge in [0.2, 0.25) is 10.0 Å². The van der Waals surface area contributed by atoms with Crippen molar-refractivity contribution >= 4 is 10.0 Å². The van der Waals surface area contributed by atoms with Gasteiger partial charge in [0.05, 0.1) is 18.1 Å². The van der Waals surface area contributed by atoms with Crippen LogP contribution in [0.5, 0.6) is 0 Å². The minimum absolute atomic E-state index is 0.0885. The molecule has 3 aliphatic rings. The van der Waals surface area contributed by atoms with E-state index in [0.29, 0.717) is 32.3 Å². The fraction of sp³-hybridized carbons (Fsp3) is 0.765. The topological polar surface area (TPSA) is 59.1 Å². The molecule has 1 atom stereocenters. The second-order valence-corrected chi connectivity index (χ2v) is 9.08. The van der Waals surface area contributed by atoms with E-state index in [9.17, 15) is 21.6 Å². The van der Waals surface area contributed by atoms with Gasteiger partial charge in [0.1, 0.15) is 5.76 Å².